The van der Waals surface area contributed by atoms with Gasteiger partial charge in [-0.05, 0) is 62.6 Å². The third-order valence-electron chi connectivity index (χ3n) is 4.94. The second-order valence-corrected chi connectivity index (χ2v) is 8.11. The standard InChI is InChI=1S/C24H31ClN2O4/c1-16(2)26-24(29)17(3)27(15-19-6-10-20(25)11-7-19)23(28)13-9-18-8-12-21(30-4)22(14-18)31-5/h6-8,10-12,14,16-17H,9,13,15H2,1-5H3,(H,26,29). The summed E-state index contributed by atoms with van der Waals surface area (Å²) in [4.78, 5) is 27.4. The number of hydrogen-bond acceptors (Lipinski definition) is 4. The Hall–Kier alpha value is -2.73. The number of carbonyl (C=O) groups excluding carboxylic acids is 2. The molecule has 2 aromatic carbocycles. The summed E-state index contributed by atoms with van der Waals surface area (Å²) in [6.07, 6.45) is 0.789. The highest BCUT2D eigenvalue weighted by Gasteiger charge is 2.26. The monoisotopic (exact) mass is 446 g/mol. The largest absolute Gasteiger partial charge is 0.493 e. The van der Waals surface area contributed by atoms with Crippen molar-refractivity contribution in [3.63, 3.8) is 0 Å². The lowest BCUT2D eigenvalue weighted by atomic mass is 10.1. The first-order valence-corrected chi connectivity index (χ1v) is 10.7. The van der Waals surface area contributed by atoms with Gasteiger partial charge in [0.15, 0.2) is 11.5 Å². The van der Waals surface area contributed by atoms with Gasteiger partial charge in [-0.15, -0.1) is 0 Å². The minimum atomic E-state index is -0.601. The van der Waals surface area contributed by atoms with Gasteiger partial charge in [0.1, 0.15) is 6.04 Å². The maximum Gasteiger partial charge on any atom is 0.242 e. The Labute approximate surface area is 189 Å². The van der Waals surface area contributed by atoms with Crippen molar-refractivity contribution in [2.24, 2.45) is 0 Å². The van der Waals surface area contributed by atoms with Crippen molar-refractivity contribution in [2.45, 2.75) is 52.2 Å². The third-order valence-corrected chi connectivity index (χ3v) is 5.19. The molecule has 0 fully saturated rings. The summed E-state index contributed by atoms with van der Waals surface area (Å²) in [5, 5.41) is 3.52. The van der Waals surface area contributed by atoms with Crippen molar-refractivity contribution in [1.82, 2.24) is 10.2 Å². The van der Waals surface area contributed by atoms with Crippen LogP contribution in [0.3, 0.4) is 0 Å². The van der Waals surface area contributed by atoms with Gasteiger partial charge in [-0.25, -0.2) is 0 Å². The SMILES string of the molecule is COc1ccc(CCC(=O)N(Cc2ccc(Cl)cc2)C(C)C(=O)NC(C)C)cc1OC. The number of nitrogens with one attached hydrogen (secondary N) is 1. The van der Waals surface area contributed by atoms with E-state index < -0.39 is 6.04 Å². The first-order chi connectivity index (χ1) is 14.7. The van der Waals surface area contributed by atoms with Crippen LogP contribution in [0.25, 0.3) is 0 Å². The van der Waals surface area contributed by atoms with E-state index in [0.717, 1.165) is 11.1 Å². The highest BCUT2D eigenvalue weighted by Crippen LogP contribution is 2.28. The normalized spacial score (nSPS) is 11.7. The average molecular weight is 447 g/mol. The molecule has 0 saturated carbocycles. The second kappa shape index (κ2) is 11.6. The van der Waals surface area contributed by atoms with Crippen molar-refractivity contribution in [3.8, 4) is 11.5 Å². The van der Waals surface area contributed by atoms with Crippen LogP contribution in [-0.2, 0) is 22.6 Å². The number of aryl methyl sites for hydroxylation is 1. The summed E-state index contributed by atoms with van der Waals surface area (Å²) >= 11 is 5.98. The lowest BCUT2D eigenvalue weighted by Crippen LogP contribution is -2.49. The number of halogens is 1. The van der Waals surface area contributed by atoms with Gasteiger partial charge in [0.25, 0.3) is 0 Å². The fourth-order valence-corrected chi connectivity index (χ4v) is 3.33. The molecule has 2 rings (SSSR count). The van der Waals surface area contributed by atoms with E-state index in [0.29, 0.717) is 29.5 Å². The summed E-state index contributed by atoms with van der Waals surface area (Å²) in [5.74, 6) is 0.982. The van der Waals surface area contributed by atoms with Crippen LogP contribution in [0, 0.1) is 0 Å². The number of amides is 2. The van der Waals surface area contributed by atoms with Gasteiger partial charge >= 0.3 is 0 Å². The Balaban J connectivity index is 2.16. The molecule has 0 spiro atoms. The second-order valence-electron chi connectivity index (χ2n) is 7.68. The minimum Gasteiger partial charge on any atom is -0.493 e. The quantitative estimate of drug-likeness (QED) is 0.593. The molecule has 1 unspecified atom stereocenters. The van der Waals surface area contributed by atoms with E-state index in [2.05, 4.69) is 5.32 Å². The molecule has 0 aliphatic carbocycles. The van der Waals surface area contributed by atoms with Gasteiger partial charge in [-0.1, -0.05) is 29.8 Å². The van der Waals surface area contributed by atoms with E-state index in [1.165, 1.54) is 0 Å². The predicted octanol–water partition coefficient (Wildman–Crippen LogP) is 4.23. The molecule has 0 aliphatic rings. The highest BCUT2D eigenvalue weighted by atomic mass is 35.5. The molecule has 6 nitrogen and oxygen atoms in total. The Bertz CT molecular complexity index is 884. The lowest BCUT2D eigenvalue weighted by Gasteiger charge is -2.29. The molecule has 2 amide bonds. The maximum atomic E-state index is 13.2. The van der Waals surface area contributed by atoms with Crippen LogP contribution >= 0.6 is 11.6 Å². The van der Waals surface area contributed by atoms with Crippen LogP contribution in [-0.4, -0.2) is 43.0 Å². The molecule has 0 aromatic heterocycles. The van der Waals surface area contributed by atoms with Crippen LogP contribution in [0.4, 0.5) is 0 Å². The molecule has 2 aromatic rings. The van der Waals surface area contributed by atoms with Crippen LogP contribution in [0.2, 0.25) is 5.02 Å². The Morgan fingerprint density at radius 1 is 0.968 bits per heavy atom. The van der Waals surface area contributed by atoms with Crippen molar-refractivity contribution in [1.29, 1.82) is 0 Å². The summed E-state index contributed by atoms with van der Waals surface area (Å²) in [5.41, 5.74) is 1.87. The topological polar surface area (TPSA) is 67.9 Å². The molecule has 0 saturated heterocycles. The van der Waals surface area contributed by atoms with Gasteiger partial charge < -0.3 is 19.7 Å². The van der Waals surface area contributed by atoms with Gasteiger partial charge in [-0.2, -0.15) is 0 Å². The van der Waals surface area contributed by atoms with Gasteiger partial charge in [-0.3, -0.25) is 9.59 Å². The van der Waals surface area contributed by atoms with Gasteiger partial charge in [0.05, 0.1) is 14.2 Å². The van der Waals surface area contributed by atoms with E-state index in [-0.39, 0.29) is 24.3 Å². The van der Waals surface area contributed by atoms with Crippen molar-refractivity contribution < 1.29 is 19.1 Å². The van der Waals surface area contributed by atoms with Crippen LogP contribution in [0.15, 0.2) is 42.5 Å². The summed E-state index contributed by atoms with van der Waals surface area (Å²) in [6, 6.07) is 12.3. The molecule has 0 heterocycles. The van der Waals surface area contributed by atoms with E-state index in [1.807, 2.05) is 44.2 Å². The Morgan fingerprint density at radius 2 is 1.58 bits per heavy atom. The first kappa shape index (κ1) is 24.5. The number of methoxy groups -OCH3 is 2. The molecular weight excluding hydrogens is 416 g/mol. The highest BCUT2D eigenvalue weighted by molar-refractivity contribution is 6.30. The minimum absolute atomic E-state index is 0.00537. The zero-order chi connectivity index (χ0) is 23.0. The van der Waals surface area contributed by atoms with Gasteiger partial charge in [0.2, 0.25) is 11.8 Å². The molecule has 31 heavy (non-hydrogen) atoms. The molecular formula is C24H31ClN2O4. The van der Waals surface area contributed by atoms with Crippen LogP contribution < -0.4 is 14.8 Å². The van der Waals surface area contributed by atoms with E-state index >= 15 is 0 Å². The van der Waals surface area contributed by atoms with Crippen molar-refractivity contribution in [2.75, 3.05) is 14.2 Å². The smallest absolute Gasteiger partial charge is 0.242 e. The summed E-state index contributed by atoms with van der Waals surface area (Å²) < 4.78 is 10.6. The van der Waals surface area contributed by atoms with Crippen LogP contribution in [0.5, 0.6) is 11.5 Å². The maximum absolute atomic E-state index is 13.2. The zero-order valence-corrected chi connectivity index (χ0v) is 19.5. The zero-order valence-electron chi connectivity index (χ0n) is 18.8. The van der Waals surface area contributed by atoms with E-state index in [9.17, 15) is 9.59 Å². The molecule has 0 aliphatic heterocycles. The predicted molar refractivity (Wildman–Crippen MR) is 123 cm³/mol. The summed E-state index contributed by atoms with van der Waals surface area (Å²) in [7, 11) is 3.16. The molecule has 168 valence electrons. The Morgan fingerprint density at radius 3 is 2.16 bits per heavy atom. The first-order valence-electron chi connectivity index (χ1n) is 10.3. The molecule has 0 radical (unpaired) electrons. The number of nitrogens with zero attached hydrogens (tertiary/aromatic N) is 1. The fourth-order valence-electron chi connectivity index (χ4n) is 3.21. The Kier molecular flexibility index (Phi) is 9.19. The number of ether oxygens (including phenoxy) is 2. The van der Waals surface area contributed by atoms with Gasteiger partial charge in [0, 0.05) is 24.0 Å². The molecule has 7 heteroatoms. The number of rotatable bonds is 10. The molecule has 0 bridgehead atoms. The summed E-state index contributed by atoms with van der Waals surface area (Å²) in [6.45, 7) is 5.87. The van der Waals surface area contributed by atoms with Crippen LogP contribution in [0.1, 0.15) is 38.3 Å². The molecule has 1 N–H and O–H groups in total. The molecule has 1 atom stereocenters. The lowest BCUT2D eigenvalue weighted by molar-refractivity contribution is -0.140. The average Bonchev–Trinajstić information content (AvgIpc) is 2.75. The number of benzene rings is 2. The third kappa shape index (κ3) is 7.17. The number of hydrogen-bond donors (Lipinski definition) is 1. The van der Waals surface area contributed by atoms with E-state index in [1.54, 1.807) is 38.2 Å². The van der Waals surface area contributed by atoms with Crippen molar-refractivity contribution in [3.05, 3.63) is 58.6 Å². The van der Waals surface area contributed by atoms with E-state index in [4.69, 9.17) is 21.1 Å². The number of carbonyl (C=O) groups is 2. The fraction of sp³-hybridized carbons (Fsp3) is 0.417. The van der Waals surface area contributed by atoms with Crippen molar-refractivity contribution >= 4 is 23.4 Å².